The van der Waals surface area contributed by atoms with E-state index in [0.29, 0.717) is 5.82 Å². The zero-order valence-electron chi connectivity index (χ0n) is 14.4. The zero-order chi connectivity index (χ0) is 18.8. The number of para-hydroxylation sites is 1. The second-order valence-corrected chi connectivity index (χ2v) is 7.20. The van der Waals surface area contributed by atoms with Crippen molar-refractivity contribution in [3.63, 3.8) is 0 Å². The Balaban J connectivity index is 1.97. The van der Waals surface area contributed by atoms with Crippen LogP contribution in [0.2, 0.25) is 5.02 Å². The first-order chi connectivity index (χ1) is 13.1. The van der Waals surface area contributed by atoms with Crippen LogP contribution in [0.5, 0.6) is 0 Å². The predicted octanol–water partition coefficient (Wildman–Crippen LogP) is 5.93. The van der Waals surface area contributed by atoms with E-state index in [1.165, 1.54) is 17.4 Å². The van der Waals surface area contributed by atoms with Gasteiger partial charge in [0.1, 0.15) is 5.82 Å². The molecule has 0 aliphatic carbocycles. The van der Waals surface area contributed by atoms with Crippen molar-refractivity contribution < 1.29 is 4.39 Å². The summed E-state index contributed by atoms with van der Waals surface area (Å²) < 4.78 is 15.6. The largest absolute Gasteiger partial charge is 0.285 e. The van der Waals surface area contributed by atoms with Gasteiger partial charge in [-0.2, -0.15) is 0 Å². The van der Waals surface area contributed by atoms with Gasteiger partial charge in [0.05, 0.1) is 10.7 Å². The molecule has 2 aromatic heterocycles. The van der Waals surface area contributed by atoms with Crippen molar-refractivity contribution in [3.05, 3.63) is 93.4 Å². The van der Waals surface area contributed by atoms with Gasteiger partial charge in [-0.15, -0.1) is 11.3 Å². The number of rotatable bonds is 3. The van der Waals surface area contributed by atoms with Crippen molar-refractivity contribution in [3.8, 4) is 16.9 Å². The van der Waals surface area contributed by atoms with E-state index in [4.69, 9.17) is 16.6 Å². The average Bonchev–Trinajstić information content (AvgIpc) is 3.10. The Hall–Kier alpha value is -2.76. The maximum atomic E-state index is 13.6. The zero-order valence-corrected chi connectivity index (χ0v) is 16.0. The fraction of sp³-hybridized carbons (Fsp3) is 0.0476. The van der Waals surface area contributed by atoms with E-state index >= 15 is 0 Å². The lowest BCUT2D eigenvalue weighted by Crippen LogP contribution is -2.13. The highest BCUT2D eigenvalue weighted by Gasteiger charge is 2.12. The number of hydrogen-bond donors (Lipinski definition) is 0. The summed E-state index contributed by atoms with van der Waals surface area (Å²) >= 11 is 7.50. The molecule has 4 rings (SSSR count). The highest BCUT2D eigenvalue weighted by atomic mass is 35.5. The third-order valence-electron chi connectivity index (χ3n) is 4.12. The molecule has 0 radical (unpaired) electrons. The Kier molecular flexibility index (Phi) is 4.88. The van der Waals surface area contributed by atoms with Crippen LogP contribution in [0, 0.1) is 12.7 Å². The summed E-state index contributed by atoms with van der Waals surface area (Å²) in [5.74, 6) is 0.239. The van der Waals surface area contributed by atoms with Gasteiger partial charge in [0.2, 0.25) is 0 Å². The standard InChI is InChI=1S/C21H15ClFN3S/c1-14-6-5-11-24-20(14)25-21-26(16-7-3-2-4-8-16)19(13-27-21)15-9-10-18(23)17(22)12-15/h2-13H,1H3/b25-21-. The molecule has 0 aliphatic heterocycles. The van der Waals surface area contributed by atoms with Crippen LogP contribution in [0.25, 0.3) is 16.9 Å². The summed E-state index contributed by atoms with van der Waals surface area (Å²) in [7, 11) is 0. The third kappa shape index (κ3) is 3.56. The van der Waals surface area contributed by atoms with E-state index in [1.807, 2.05) is 59.3 Å². The number of aryl methyl sites for hydroxylation is 1. The van der Waals surface area contributed by atoms with Gasteiger partial charge in [0, 0.05) is 22.8 Å². The molecule has 2 aromatic carbocycles. The van der Waals surface area contributed by atoms with Crippen molar-refractivity contribution in [2.45, 2.75) is 6.92 Å². The molecule has 0 atom stereocenters. The molecule has 0 spiro atoms. The molecule has 6 heteroatoms. The summed E-state index contributed by atoms with van der Waals surface area (Å²) in [5.41, 5.74) is 3.67. The molecule has 0 fully saturated rings. The quantitative estimate of drug-likeness (QED) is 0.422. The Morgan fingerprint density at radius 2 is 1.89 bits per heavy atom. The molecule has 0 amide bonds. The van der Waals surface area contributed by atoms with Gasteiger partial charge in [0.25, 0.3) is 0 Å². The highest BCUT2D eigenvalue weighted by molar-refractivity contribution is 7.07. The van der Waals surface area contributed by atoms with Gasteiger partial charge < -0.3 is 0 Å². The molecule has 27 heavy (non-hydrogen) atoms. The van der Waals surface area contributed by atoms with Gasteiger partial charge >= 0.3 is 0 Å². The second kappa shape index (κ2) is 7.47. The molecule has 0 saturated heterocycles. The van der Waals surface area contributed by atoms with Crippen LogP contribution in [-0.2, 0) is 0 Å². The first-order valence-electron chi connectivity index (χ1n) is 8.31. The van der Waals surface area contributed by atoms with E-state index in [9.17, 15) is 4.39 Å². The number of benzene rings is 2. The molecule has 0 aliphatic rings. The molecule has 3 nitrogen and oxygen atoms in total. The van der Waals surface area contributed by atoms with E-state index in [1.54, 1.807) is 18.3 Å². The maximum absolute atomic E-state index is 13.6. The number of nitrogens with zero attached hydrogens (tertiary/aromatic N) is 3. The van der Waals surface area contributed by atoms with Crippen molar-refractivity contribution in [2.24, 2.45) is 4.99 Å². The minimum absolute atomic E-state index is 0.0948. The number of thiazole rings is 1. The molecular weight excluding hydrogens is 381 g/mol. The van der Waals surface area contributed by atoms with Crippen LogP contribution >= 0.6 is 22.9 Å². The van der Waals surface area contributed by atoms with Crippen molar-refractivity contribution in [1.29, 1.82) is 0 Å². The molecule has 0 N–H and O–H groups in total. The summed E-state index contributed by atoms with van der Waals surface area (Å²) in [4.78, 5) is 9.91. The Morgan fingerprint density at radius 1 is 1.07 bits per heavy atom. The Labute approximate surface area is 165 Å². The topological polar surface area (TPSA) is 30.2 Å². The molecular formula is C21H15ClFN3S. The van der Waals surface area contributed by atoms with Gasteiger partial charge in [-0.25, -0.2) is 14.4 Å². The van der Waals surface area contributed by atoms with Crippen molar-refractivity contribution >= 4 is 28.8 Å². The van der Waals surface area contributed by atoms with Crippen molar-refractivity contribution in [2.75, 3.05) is 0 Å². The third-order valence-corrected chi connectivity index (χ3v) is 5.24. The van der Waals surface area contributed by atoms with Gasteiger partial charge in [-0.05, 0) is 48.9 Å². The molecule has 0 unspecified atom stereocenters. The lowest BCUT2D eigenvalue weighted by atomic mass is 10.1. The summed E-state index contributed by atoms with van der Waals surface area (Å²) in [6, 6.07) is 18.5. The van der Waals surface area contributed by atoms with Crippen LogP contribution < -0.4 is 4.80 Å². The van der Waals surface area contributed by atoms with Crippen LogP contribution in [-0.4, -0.2) is 9.55 Å². The summed E-state index contributed by atoms with van der Waals surface area (Å²) in [5, 5.41) is 2.09. The van der Waals surface area contributed by atoms with E-state index in [-0.39, 0.29) is 5.02 Å². The smallest absolute Gasteiger partial charge is 0.196 e. The number of halogens is 2. The van der Waals surface area contributed by atoms with E-state index in [2.05, 4.69) is 4.98 Å². The maximum Gasteiger partial charge on any atom is 0.196 e. The summed E-state index contributed by atoms with van der Waals surface area (Å²) in [6.07, 6.45) is 1.73. The lowest BCUT2D eigenvalue weighted by molar-refractivity contribution is 0.628. The van der Waals surface area contributed by atoms with Crippen LogP contribution in [0.1, 0.15) is 5.56 Å². The number of hydrogen-bond acceptors (Lipinski definition) is 3. The highest BCUT2D eigenvalue weighted by Crippen LogP contribution is 2.27. The molecule has 4 aromatic rings. The fourth-order valence-corrected chi connectivity index (χ4v) is 3.84. The minimum atomic E-state index is -0.434. The normalized spacial score (nSPS) is 11.7. The van der Waals surface area contributed by atoms with Crippen LogP contribution in [0.4, 0.5) is 10.2 Å². The van der Waals surface area contributed by atoms with E-state index < -0.39 is 5.82 Å². The number of aromatic nitrogens is 2. The molecule has 0 saturated carbocycles. The first-order valence-corrected chi connectivity index (χ1v) is 9.57. The van der Waals surface area contributed by atoms with Crippen LogP contribution in [0.3, 0.4) is 0 Å². The first kappa shape index (κ1) is 17.6. The second-order valence-electron chi connectivity index (χ2n) is 5.96. The average molecular weight is 396 g/mol. The van der Waals surface area contributed by atoms with Gasteiger partial charge in [0.15, 0.2) is 10.6 Å². The van der Waals surface area contributed by atoms with Crippen molar-refractivity contribution in [1.82, 2.24) is 9.55 Å². The monoisotopic (exact) mass is 395 g/mol. The molecule has 0 bridgehead atoms. The minimum Gasteiger partial charge on any atom is -0.285 e. The fourth-order valence-electron chi connectivity index (χ4n) is 2.76. The Bertz CT molecular complexity index is 1170. The molecule has 134 valence electrons. The predicted molar refractivity (Wildman–Crippen MR) is 108 cm³/mol. The van der Waals surface area contributed by atoms with Crippen LogP contribution in [0.15, 0.2) is 77.2 Å². The van der Waals surface area contributed by atoms with Gasteiger partial charge in [-0.1, -0.05) is 35.9 Å². The lowest BCUT2D eigenvalue weighted by Gasteiger charge is -2.10. The van der Waals surface area contributed by atoms with E-state index in [0.717, 1.165) is 27.3 Å². The summed E-state index contributed by atoms with van der Waals surface area (Å²) in [6.45, 7) is 1.98. The Morgan fingerprint density at radius 3 is 2.63 bits per heavy atom. The van der Waals surface area contributed by atoms with Gasteiger partial charge in [-0.3, -0.25) is 4.57 Å². The number of pyridine rings is 1. The SMILES string of the molecule is Cc1cccnc1/N=c1\scc(-c2ccc(F)c(Cl)c2)n1-c1ccccc1. The molecule has 2 heterocycles.